The van der Waals surface area contributed by atoms with E-state index in [9.17, 15) is 10.4 Å². The Hall–Kier alpha value is -2.70. The second-order valence-electron chi connectivity index (χ2n) is 6.64. The molecule has 0 fully saturated rings. The molecule has 0 amide bonds. The van der Waals surface area contributed by atoms with Crippen LogP contribution in [0.25, 0.3) is 0 Å². The van der Waals surface area contributed by atoms with Crippen molar-refractivity contribution in [3.05, 3.63) is 57.6 Å². The molecule has 2 rings (SSSR count). The van der Waals surface area contributed by atoms with Crippen LogP contribution in [0.1, 0.15) is 33.4 Å². The van der Waals surface area contributed by atoms with Crippen LogP contribution >= 0.6 is 0 Å². The van der Waals surface area contributed by atoms with E-state index in [1.165, 1.54) is 0 Å². The highest BCUT2D eigenvalue weighted by atomic mass is 16.5. The molecular weight excluding hydrogens is 328 g/mol. The average Bonchev–Trinajstić information content (AvgIpc) is 2.54. The quantitative estimate of drug-likeness (QED) is 0.369. The first-order valence-electron chi connectivity index (χ1n) is 8.40. The topological polar surface area (TPSA) is 89.2 Å². The molecular formula is C20H26N4O2. The molecule has 0 atom stereocenters. The lowest BCUT2D eigenvalue weighted by molar-refractivity contribution is 0.223. The Bertz CT molecular complexity index is 766. The van der Waals surface area contributed by atoms with Crippen molar-refractivity contribution in [2.75, 3.05) is 0 Å². The number of amidine groups is 2. The lowest BCUT2D eigenvalue weighted by Crippen LogP contribution is -2.37. The van der Waals surface area contributed by atoms with Crippen LogP contribution in [0.4, 0.5) is 11.4 Å². The molecule has 0 aliphatic rings. The van der Waals surface area contributed by atoms with E-state index in [-0.39, 0.29) is 11.7 Å². The first-order chi connectivity index (χ1) is 12.3. The van der Waals surface area contributed by atoms with Crippen LogP contribution in [0, 0.1) is 41.5 Å². The number of nitrogens with one attached hydrogen (secondary N) is 2. The molecule has 0 spiro atoms. The van der Waals surface area contributed by atoms with Crippen molar-refractivity contribution >= 4 is 23.0 Å². The molecule has 6 heteroatoms. The first kappa shape index (κ1) is 19.6. The molecule has 0 bridgehead atoms. The highest BCUT2D eigenvalue weighted by Crippen LogP contribution is 2.27. The Morgan fingerprint density at radius 2 is 0.885 bits per heavy atom. The van der Waals surface area contributed by atoms with E-state index < -0.39 is 0 Å². The summed E-state index contributed by atoms with van der Waals surface area (Å²) in [6.45, 7) is 11.8. The van der Waals surface area contributed by atoms with Crippen molar-refractivity contribution in [3.63, 3.8) is 0 Å². The van der Waals surface area contributed by atoms with E-state index in [1.807, 2.05) is 76.8 Å². The summed E-state index contributed by atoms with van der Waals surface area (Å²) in [4.78, 5) is 8.93. The fourth-order valence-corrected chi connectivity index (χ4v) is 3.18. The van der Waals surface area contributed by atoms with Crippen LogP contribution in [-0.2, 0) is 0 Å². The normalized spacial score (nSPS) is 12.3. The average molecular weight is 354 g/mol. The van der Waals surface area contributed by atoms with Gasteiger partial charge in [0.1, 0.15) is 0 Å². The van der Waals surface area contributed by atoms with Crippen LogP contribution < -0.4 is 11.0 Å². The third kappa shape index (κ3) is 4.28. The summed E-state index contributed by atoms with van der Waals surface area (Å²) in [5.41, 5.74) is 11.7. The van der Waals surface area contributed by atoms with E-state index in [0.717, 1.165) is 33.4 Å². The highest BCUT2D eigenvalue weighted by Gasteiger charge is 2.13. The zero-order valence-electron chi connectivity index (χ0n) is 16.1. The van der Waals surface area contributed by atoms with E-state index in [2.05, 4.69) is 9.98 Å². The minimum Gasteiger partial charge on any atom is -0.290 e. The van der Waals surface area contributed by atoms with Gasteiger partial charge in [-0.1, -0.05) is 35.4 Å². The van der Waals surface area contributed by atoms with Gasteiger partial charge in [-0.3, -0.25) is 10.4 Å². The zero-order chi connectivity index (χ0) is 19.4. The van der Waals surface area contributed by atoms with Gasteiger partial charge in [-0.05, 0) is 63.8 Å². The van der Waals surface area contributed by atoms with Gasteiger partial charge < -0.3 is 0 Å². The molecule has 0 aliphatic carbocycles. The maximum absolute atomic E-state index is 9.57. The second-order valence-corrected chi connectivity index (χ2v) is 6.64. The predicted octanol–water partition coefficient (Wildman–Crippen LogP) is 4.25. The van der Waals surface area contributed by atoms with Gasteiger partial charge in [-0.25, -0.2) is 20.9 Å². The van der Waals surface area contributed by atoms with Crippen molar-refractivity contribution in [1.82, 2.24) is 11.0 Å². The Kier molecular flexibility index (Phi) is 6.13. The largest absolute Gasteiger partial charge is 0.290 e. The van der Waals surface area contributed by atoms with Crippen LogP contribution in [0.5, 0.6) is 0 Å². The van der Waals surface area contributed by atoms with Crippen molar-refractivity contribution < 1.29 is 10.4 Å². The molecule has 6 nitrogen and oxygen atoms in total. The van der Waals surface area contributed by atoms with E-state index in [1.54, 1.807) is 0 Å². The van der Waals surface area contributed by atoms with Gasteiger partial charge >= 0.3 is 0 Å². The summed E-state index contributed by atoms with van der Waals surface area (Å²) in [6.07, 6.45) is 0. The first-order valence-corrected chi connectivity index (χ1v) is 8.40. The number of nitrogens with zero attached hydrogens (tertiary/aromatic N) is 2. The molecule has 4 N–H and O–H groups in total. The highest BCUT2D eigenvalue weighted by molar-refractivity contribution is 6.40. The fraction of sp³-hybridized carbons (Fsp3) is 0.300. The minimum atomic E-state index is 0.0296. The molecule has 0 saturated heterocycles. The van der Waals surface area contributed by atoms with Gasteiger partial charge in [-0.15, -0.1) is 0 Å². The monoisotopic (exact) mass is 354 g/mol. The summed E-state index contributed by atoms with van der Waals surface area (Å²) in [5.74, 6) is 0.0591. The predicted molar refractivity (Wildman–Crippen MR) is 105 cm³/mol. The molecule has 0 saturated carbocycles. The number of rotatable bonds is 2. The number of hydrogen-bond donors (Lipinski definition) is 4. The Labute approximate surface area is 154 Å². The summed E-state index contributed by atoms with van der Waals surface area (Å²) in [6, 6.07) is 8.05. The van der Waals surface area contributed by atoms with Crippen LogP contribution in [0.3, 0.4) is 0 Å². The van der Waals surface area contributed by atoms with Gasteiger partial charge in [0.25, 0.3) is 0 Å². The number of hydrogen-bond acceptors (Lipinski definition) is 4. The van der Waals surface area contributed by atoms with Crippen LogP contribution in [0.2, 0.25) is 0 Å². The molecule has 26 heavy (non-hydrogen) atoms. The Morgan fingerprint density at radius 1 is 0.615 bits per heavy atom. The maximum Gasteiger partial charge on any atom is 0.195 e. The smallest absolute Gasteiger partial charge is 0.195 e. The summed E-state index contributed by atoms with van der Waals surface area (Å²) >= 11 is 0. The van der Waals surface area contributed by atoms with Gasteiger partial charge in [0.15, 0.2) is 11.7 Å². The standard InChI is InChI=1S/C20H26N4O2/c1-11-7-13(3)17(14(4)8-11)21-19(23-25)20(24-26)22-18-15(5)9-12(2)10-16(18)6/h7-10,25-26H,1-6H3,(H,21,23)(H,22,24). The van der Waals surface area contributed by atoms with Crippen molar-refractivity contribution in [1.29, 1.82) is 0 Å². The van der Waals surface area contributed by atoms with Crippen molar-refractivity contribution in [3.8, 4) is 0 Å². The zero-order valence-corrected chi connectivity index (χ0v) is 16.1. The fourth-order valence-electron chi connectivity index (χ4n) is 3.18. The number of aryl methyl sites for hydroxylation is 6. The van der Waals surface area contributed by atoms with E-state index in [4.69, 9.17) is 0 Å². The van der Waals surface area contributed by atoms with Crippen LogP contribution in [0.15, 0.2) is 34.3 Å². The lowest BCUT2D eigenvalue weighted by atomic mass is 10.1. The molecule has 0 heterocycles. The van der Waals surface area contributed by atoms with Gasteiger partial charge in [0.05, 0.1) is 11.4 Å². The SMILES string of the molecule is Cc1cc(C)c(N=C(NO)C(=Nc2c(C)cc(C)cc2C)NO)c(C)c1. The third-order valence-electron chi connectivity index (χ3n) is 4.15. The van der Waals surface area contributed by atoms with Gasteiger partial charge in [0, 0.05) is 0 Å². The van der Waals surface area contributed by atoms with Crippen molar-refractivity contribution in [2.24, 2.45) is 9.98 Å². The molecule has 138 valence electrons. The van der Waals surface area contributed by atoms with Gasteiger partial charge in [-0.2, -0.15) is 0 Å². The molecule has 0 radical (unpaired) electrons. The van der Waals surface area contributed by atoms with Crippen LogP contribution in [-0.4, -0.2) is 22.1 Å². The minimum absolute atomic E-state index is 0.0296. The van der Waals surface area contributed by atoms with Gasteiger partial charge in [0.2, 0.25) is 0 Å². The lowest BCUT2D eigenvalue weighted by Gasteiger charge is -2.13. The number of benzene rings is 2. The molecule has 2 aromatic carbocycles. The number of hydroxylamine groups is 2. The third-order valence-corrected chi connectivity index (χ3v) is 4.15. The second kappa shape index (κ2) is 8.12. The van der Waals surface area contributed by atoms with E-state index in [0.29, 0.717) is 11.4 Å². The summed E-state index contributed by atoms with van der Waals surface area (Å²) in [7, 11) is 0. The number of aliphatic imine (C=N–C) groups is 2. The molecule has 0 aliphatic heterocycles. The summed E-state index contributed by atoms with van der Waals surface area (Å²) in [5, 5.41) is 19.1. The molecule has 0 aromatic heterocycles. The Balaban J connectivity index is 2.58. The van der Waals surface area contributed by atoms with E-state index >= 15 is 0 Å². The molecule has 0 unspecified atom stereocenters. The summed E-state index contributed by atoms with van der Waals surface area (Å²) < 4.78 is 0. The Morgan fingerprint density at radius 3 is 1.12 bits per heavy atom. The molecule has 2 aromatic rings. The van der Waals surface area contributed by atoms with Crippen molar-refractivity contribution in [2.45, 2.75) is 41.5 Å². The maximum atomic E-state index is 9.57.